The molecule has 21 heavy (non-hydrogen) atoms. The molecule has 1 aliphatic carbocycles. The second-order valence-electron chi connectivity index (χ2n) is 6.63. The summed E-state index contributed by atoms with van der Waals surface area (Å²) in [5.74, 6) is -0.198. The van der Waals surface area contributed by atoms with Crippen LogP contribution >= 0.6 is 0 Å². The molecule has 1 aromatic rings. The second-order valence-corrected chi connectivity index (χ2v) is 6.63. The van der Waals surface area contributed by atoms with E-state index in [4.69, 9.17) is 5.73 Å². The molecule has 118 valence electrons. The van der Waals surface area contributed by atoms with Gasteiger partial charge in [0.25, 0.3) is 0 Å². The summed E-state index contributed by atoms with van der Waals surface area (Å²) in [6.07, 6.45) is 4.63. The highest BCUT2D eigenvalue weighted by Crippen LogP contribution is 2.36. The maximum atomic E-state index is 13.7. The maximum Gasteiger partial charge on any atom is 0.127 e. The Morgan fingerprint density at radius 3 is 2.43 bits per heavy atom. The Balaban J connectivity index is 1.84. The van der Waals surface area contributed by atoms with Gasteiger partial charge < -0.3 is 15.5 Å². The zero-order chi connectivity index (χ0) is 15.5. The van der Waals surface area contributed by atoms with Gasteiger partial charge in [0, 0.05) is 23.7 Å². The number of nitrogens with zero attached hydrogens (tertiary/aromatic N) is 2. The third-order valence-corrected chi connectivity index (χ3v) is 4.92. The van der Waals surface area contributed by atoms with E-state index >= 15 is 0 Å². The van der Waals surface area contributed by atoms with Crippen molar-refractivity contribution in [1.82, 2.24) is 9.80 Å². The van der Waals surface area contributed by atoms with Crippen molar-refractivity contribution in [3.05, 3.63) is 35.6 Å². The smallest absolute Gasteiger partial charge is 0.127 e. The van der Waals surface area contributed by atoms with Gasteiger partial charge in [-0.25, -0.2) is 4.39 Å². The molecule has 0 radical (unpaired) electrons. The zero-order valence-corrected chi connectivity index (χ0v) is 13.5. The van der Waals surface area contributed by atoms with E-state index in [0.29, 0.717) is 11.1 Å². The monoisotopic (exact) mass is 293 g/mol. The van der Waals surface area contributed by atoms with Crippen LogP contribution in [0.5, 0.6) is 0 Å². The summed E-state index contributed by atoms with van der Waals surface area (Å²) in [7, 11) is 6.47. The average Bonchev–Trinajstić information content (AvgIpc) is 2.40. The lowest BCUT2D eigenvalue weighted by molar-refractivity contribution is 0.0272. The molecule has 2 rings (SSSR count). The molecule has 3 nitrogen and oxygen atoms in total. The number of nitrogens with two attached hydrogens (primary N) is 1. The summed E-state index contributed by atoms with van der Waals surface area (Å²) in [5.41, 5.74) is 7.09. The van der Waals surface area contributed by atoms with Crippen LogP contribution in [0.3, 0.4) is 0 Å². The van der Waals surface area contributed by atoms with Gasteiger partial charge in [0.1, 0.15) is 5.82 Å². The minimum atomic E-state index is -0.231. The first-order chi connectivity index (χ1) is 9.94. The van der Waals surface area contributed by atoms with Crippen LogP contribution in [0.1, 0.15) is 37.3 Å². The van der Waals surface area contributed by atoms with Gasteiger partial charge in [0.15, 0.2) is 0 Å². The molecule has 1 aromatic carbocycles. The van der Waals surface area contributed by atoms with E-state index in [1.54, 1.807) is 12.1 Å². The van der Waals surface area contributed by atoms with Gasteiger partial charge in [-0.05, 0) is 59.4 Å². The topological polar surface area (TPSA) is 32.5 Å². The van der Waals surface area contributed by atoms with Crippen molar-refractivity contribution < 1.29 is 4.39 Å². The van der Waals surface area contributed by atoms with E-state index < -0.39 is 0 Å². The Morgan fingerprint density at radius 2 is 1.90 bits per heavy atom. The number of hydrogen-bond acceptors (Lipinski definition) is 3. The molecule has 0 aliphatic heterocycles. The zero-order valence-electron chi connectivity index (χ0n) is 13.5. The third kappa shape index (κ3) is 3.82. The third-order valence-electron chi connectivity index (χ3n) is 4.92. The minimum Gasteiger partial charge on any atom is -0.324 e. The highest BCUT2D eigenvalue weighted by atomic mass is 19.1. The van der Waals surface area contributed by atoms with Gasteiger partial charge in [-0.15, -0.1) is 0 Å². The Morgan fingerprint density at radius 1 is 1.24 bits per heavy atom. The van der Waals surface area contributed by atoms with Gasteiger partial charge in [0.05, 0.1) is 0 Å². The van der Waals surface area contributed by atoms with Crippen molar-refractivity contribution in [3.63, 3.8) is 0 Å². The summed E-state index contributed by atoms with van der Waals surface area (Å²) >= 11 is 0. The van der Waals surface area contributed by atoms with E-state index in [1.807, 2.05) is 6.07 Å². The lowest BCUT2D eigenvalue weighted by atomic mass is 9.75. The number of hydrogen-bond donors (Lipinski definition) is 1. The Hall–Kier alpha value is -0.970. The van der Waals surface area contributed by atoms with E-state index in [1.165, 1.54) is 25.3 Å². The summed E-state index contributed by atoms with van der Waals surface area (Å²) in [6.45, 7) is 1.95. The van der Waals surface area contributed by atoms with Crippen molar-refractivity contribution in [1.29, 1.82) is 0 Å². The van der Waals surface area contributed by atoms with Gasteiger partial charge in [0.2, 0.25) is 0 Å². The molecule has 0 bridgehead atoms. The largest absolute Gasteiger partial charge is 0.324 e. The number of benzene rings is 1. The Labute approximate surface area is 127 Å². The Bertz CT molecular complexity index is 457. The summed E-state index contributed by atoms with van der Waals surface area (Å²) < 4.78 is 13.7. The average molecular weight is 293 g/mol. The van der Waals surface area contributed by atoms with Crippen molar-refractivity contribution in [2.75, 3.05) is 34.2 Å². The molecule has 1 aliphatic rings. The first-order valence-electron chi connectivity index (χ1n) is 7.80. The SMILES string of the molecule is CN(CCC(N)c1ccccc1F)CC1(N(C)C)CCC1. The standard InChI is InChI=1S/C17H28FN3/c1-20(2)17(10-6-11-17)13-21(3)12-9-16(19)14-7-4-5-8-15(14)18/h4-5,7-8,16H,6,9-13,19H2,1-3H3. The first kappa shape index (κ1) is 16.4. The summed E-state index contributed by atoms with van der Waals surface area (Å²) in [5, 5.41) is 0. The molecular formula is C17H28FN3. The van der Waals surface area contributed by atoms with Gasteiger partial charge >= 0.3 is 0 Å². The number of rotatable bonds is 7. The van der Waals surface area contributed by atoms with Crippen LogP contribution in [-0.4, -0.2) is 49.6 Å². The maximum absolute atomic E-state index is 13.7. The van der Waals surface area contributed by atoms with E-state index in [9.17, 15) is 4.39 Å². The van der Waals surface area contributed by atoms with Gasteiger partial charge in [-0.3, -0.25) is 0 Å². The molecule has 1 atom stereocenters. The van der Waals surface area contributed by atoms with Crippen molar-refractivity contribution in [3.8, 4) is 0 Å². The predicted molar refractivity (Wildman–Crippen MR) is 85.7 cm³/mol. The molecule has 4 heteroatoms. The molecule has 0 saturated heterocycles. The fourth-order valence-corrected chi connectivity index (χ4v) is 3.20. The van der Waals surface area contributed by atoms with E-state index in [-0.39, 0.29) is 11.9 Å². The molecule has 0 amide bonds. The van der Waals surface area contributed by atoms with E-state index in [2.05, 4.69) is 30.9 Å². The molecule has 1 saturated carbocycles. The lowest BCUT2D eigenvalue weighted by Gasteiger charge is -2.49. The molecule has 2 N–H and O–H groups in total. The van der Waals surface area contributed by atoms with Crippen molar-refractivity contribution in [2.24, 2.45) is 5.73 Å². The van der Waals surface area contributed by atoms with Gasteiger partial charge in [-0.2, -0.15) is 0 Å². The molecular weight excluding hydrogens is 265 g/mol. The normalized spacial score (nSPS) is 18.8. The molecule has 0 spiro atoms. The molecule has 1 fully saturated rings. The fourth-order valence-electron chi connectivity index (χ4n) is 3.20. The number of likely N-dealkylation sites (N-methyl/N-ethyl adjacent to an activating group) is 2. The van der Waals surface area contributed by atoms with Crippen LogP contribution in [0.15, 0.2) is 24.3 Å². The summed E-state index contributed by atoms with van der Waals surface area (Å²) in [4.78, 5) is 4.68. The van der Waals surface area contributed by atoms with Crippen LogP contribution in [-0.2, 0) is 0 Å². The number of halogens is 1. The van der Waals surface area contributed by atoms with Crippen LogP contribution < -0.4 is 5.73 Å². The highest BCUT2D eigenvalue weighted by Gasteiger charge is 2.39. The molecule has 0 heterocycles. The Kier molecular flexibility index (Phi) is 5.36. The molecule has 0 aromatic heterocycles. The van der Waals surface area contributed by atoms with Crippen molar-refractivity contribution in [2.45, 2.75) is 37.3 Å². The minimum absolute atomic E-state index is 0.198. The predicted octanol–water partition coefficient (Wildman–Crippen LogP) is 2.63. The van der Waals surface area contributed by atoms with Crippen LogP contribution in [0.4, 0.5) is 4.39 Å². The fraction of sp³-hybridized carbons (Fsp3) is 0.647. The molecule has 1 unspecified atom stereocenters. The lowest BCUT2D eigenvalue weighted by Crippen LogP contribution is -2.56. The summed E-state index contributed by atoms with van der Waals surface area (Å²) in [6, 6.07) is 6.58. The van der Waals surface area contributed by atoms with Crippen molar-refractivity contribution >= 4 is 0 Å². The quantitative estimate of drug-likeness (QED) is 0.839. The van der Waals surface area contributed by atoms with Gasteiger partial charge in [-0.1, -0.05) is 18.2 Å². The van der Waals surface area contributed by atoms with E-state index in [0.717, 1.165) is 19.5 Å². The van der Waals surface area contributed by atoms with Crippen LogP contribution in [0, 0.1) is 5.82 Å². The van der Waals surface area contributed by atoms with Crippen LogP contribution in [0.25, 0.3) is 0 Å². The second kappa shape index (κ2) is 6.86. The van der Waals surface area contributed by atoms with Crippen LogP contribution in [0.2, 0.25) is 0 Å². The highest BCUT2D eigenvalue weighted by molar-refractivity contribution is 5.20. The first-order valence-corrected chi connectivity index (χ1v) is 7.80.